The largest absolute Gasteiger partial charge is 0.452 e. The van der Waals surface area contributed by atoms with Crippen molar-refractivity contribution in [2.24, 2.45) is 5.14 Å². The summed E-state index contributed by atoms with van der Waals surface area (Å²) in [5, 5.41) is 5.05. The van der Waals surface area contributed by atoms with Crippen LogP contribution in [-0.4, -0.2) is 77.0 Å². The molecule has 0 atom stereocenters. The van der Waals surface area contributed by atoms with Gasteiger partial charge < -0.3 is 9.64 Å². The number of nitrogens with zero attached hydrogens (tertiary/aromatic N) is 2. The Morgan fingerprint density at radius 2 is 1.70 bits per heavy atom. The fraction of sp³-hybridized carbons (Fsp3) is 0.467. The molecule has 12 heteroatoms. The minimum absolute atomic E-state index is 0.00350. The number of nitrogens with two attached hydrogens (primary N) is 1. The minimum Gasteiger partial charge on any atom is -0.452 e. The molecule has 1 aromatic carbocycles. The van der Waals surface area contributed by atoms with E-state index in [1.165, 1.54) is 21.3 Å². The first kappa shape index (κ1) is 21.3. The number of rotatable bonds is 5. The van der Waals surface area contributed by atoms with E-state index < -0.39 is 38.5 Å². The molecular formula is C15H21N3O7S2. The molecule has 1 saturated heterocycles. The summed E-state index contributed by atoms with van der Waals surface area (Å²) in [6.07, 6.45) is 1.10. The average molecular weight is 419 g/mol. The molecule has 0 aromatic heterocycles. The second-order valence-electron chi connectivity index (χ2n) is 6.14. The summed E-state index contributed by atoms with van der Waals surface area (Å²) in [4.78, 5) is 25.5. The maximum absolute atomic E-state index is 12.2. The number of amides is 1. The average Bonchev–Trinajstić information content (AvgIpc) is 2.58. The van der Waals surface area contributed by atoms with Crippen LogP contribution in [0.1, 0.15) is 15.9 Å². The number of primary sulfonamides is 1. The van der Waals surface area contributed by atoms with Gasteiger partial charge in [0, 0.05) is 26.2 Å². The summed E-state index contributed by atoms with van der Waals surface area (Å²) < 4.78 is 52.0. The number of ether oxygens (including phenoxy) is 1. The third kappa shape index (κ3) is 5.48. The molecule has 0 radical (unpaired) electrons. The first-order valence-electron chi connectivity index (χ1n) is 7.93. The predicted octanol–water partition coefficient (Wildman–Crippen LogP) is -1.10. The SMILES string of the molecule is Cc1ccc(S(N)(=O)=O)cc1C(=O)OCC(=O)N1CCN(S(C)(=O)=O)CC1. The highest BCUT2D eigenvalue weighted by Crippen LogP contribution is 2.16. The maximum Gasteiger partial charge on any atom is 0.338 e. The molecule has 2 rings (SSSR count). The van der Waals surface area contributed by atoms with Crippen LogP contribution < -0.4 is 5.14 Å². The van der Waals surface area contributed by atoms with Crippen LogP contribution in [-0.2, 0) is 29.6 Å². The number of piperazine rings is 1. The summed E-state index contributed by atoms with van der Waals surface area (Å²) in [6.45, 7) is 1.81. The van der Waals surface area contributed by atoms with E-state index in [0.29, 0.717) is 5.56 Å². The molecule has 1 aliphatic rings. The molecule has 0 spiro atoms. The van der Waals surface area contributed by atoms with Crippen molar-refractivity contribution in [2.45, 2.75) is 11.8 Å². The standard InChI is InChI=1S/C15H21N3O7S2/c1-11-3-4-12(27(16,23)24)9-13(11)15(20)25-10-14(19)17-5-7-18(8-6-17)26(2,21)22/h3-4,9H,5-8,10H2,1-2H3,(H2,16,23,24). The van der Waals surface area contributed by atoms with Crippen LogP contribution in [0.15, 0.2) is 23.1 Å². The van der Waals surface area contributed by atoms with Crippen molar-refractivity contribution in [3.8, 4) is 0 Å². The lowest BCUT2D eigenvalue weighted by atomic mass is 10.1. The van der Waals surface area contributed by atoms with Gasteiger partial charge in [-0.25, -0.2) is 26.8 Å². The second-order valence-corrected chi connectivity index (χ2v) is 9.68. The summed E-state index contributed by atoms with van der Waals surface area (Å²) in [5.41, 5.74) is 0.470. The van der Waals surface area contributed by atoms with E-state index in [2.05, 4.69) is 0 Å². The van der Waals surface area contributed by atoms with Crippen molar-refractivity contribution < 1.29 is 31.2 Å². The Morgan fingerprint density at radius 1 is 1.11 bits per heavy atom. The normalized spacial score (nSPS) is 16.2. The van der Waals surface area contributed by atoms with Gasteiger partial charge in [0.1, 0.15) is 0 Å². The zero-order valence-corrected chi connectivity index (χ0v) is 16.5. The summed E-state index contributed by atoms with van der Waals surface area (Å²) >= 11 is 0. The molecule has 0 unspecified atom stereocenters. The first-order chi connectivity index (χ1) is 12.4. The van der Waals surface area contributed by atoms with Gasteiger partial charge in [0.25, 0.3) is 5.91 Å². The molecule has 1 fully saturated rings. The number of carbonyl (C=O) groups is 2. The molecule has 150 valence electrons. The van der Waals surface area contributed by atoms with E-state index in [4.69, 9.17) is 9.88 Å². The first-order valence-corrected chi connectivity index (χ1v) is 11.3. The van der Waals surface area contributed by atoms with E-state index >= 15 is 0 Å². The van der Waals surface area contributed by atoms with Gasteiger partial charge in [-0.1, -0.05) is 6.07 Å². The highest BCUT2D eigenvalue weighted by Gasteiger charge is 2.26. The molecule has 1 amide bonds. The van der Waals surface area contributed by atoms with Crippen LogP contribution in [0.5, 0.6) is 0 Å². The van der Waals surface area contributed by atoms with Crippen molar-refractivity contribution in [3.63, 3.8) is 0 Å². The van der Waals surface area contributed by atoms with E-state index in [0.717, 1.165) is 12.3 Å². The Labute approximate surface area is 158 Å². The van der Waals surface area contributed by atoms with Crippen LogP contribution in [0.3, 0.4) is 0 Å². The van der Waals surface area contributed by atoms with Gasteiger partial charge in [-0.05, 0) is 24.6 Å². The van der Waals surface area contributed by atoms with Gasteiger partial charge in [0.2, 0.25) is 20.0 Å². The molecular weight excluding hydrogens is 398 g/mol. The predicted molar refractivity (Wildman–Crippen MR) is 95.8 cm³/mol. The Bertz CT molecular complexity index is 950. The van der Waals surface area contributed by atoms with Crippen molar-refractivity contribution >= 4 is 31.9 Å². The highest BCUT2D eigenvalue weighted by molar-refractivity contribution is 7.89. The number of sulfonamides is 2. The van der Waals surface area contributed by atoms with Crippen molar-refractivity contribution in [1.82, 2.24) is 9.21 Å². The van der Waals surface area contributed by atoms with Crippen molar-refractivity contribution in [3.05, 3.63) is 29.3 Å². The van der Waals surface area contributed by atoms with Gasteiger partial charge in [-0.3, -0.25) is 4.79 Å². The zero-order chi connectivity index (χ0) is 20.4. The molecule has 27 heavy (non-hydrogen) atoms. The number of carbonyl (C=O) groups excluding carboxylic acids is 2. The Hall–Kier alpha value is -2.02. The molecule has 2 N–H and O–H groups in total. The van der Waals surface area contributed by atoms with Gasteiger partial charge in [0.05, 0.1) is 16.7 Å². The smallest absolute Gasteiger partial charge is 0.338 e. The number of esters is 1. The van der Waals surface area contributed by atoms with E-state index in [9.17, 15) is 26.4 Å². The maximum atomic E-state index is 12.2. The molecule has 10 nitrogen and oxygen atoms in total. The highest BCUT2D eigenvalue weighted by atomic mass is 32.2. The minimum atomic E-state index is -3.98. The third-order valence-electron chi connectivity index (χ3n) is 4.14. The lowest BCUT2D eigenvalue weighted by Crippen LogP contribution is -2.51. The Kier molecular flexibility index (Phi) is 6.24. The van der Waals surface area contributed by atoms with Gasteiger partial charge in [-0.15, -0.1) is 0 Å². The molecule has 1 aliphatic heterocycles. The summed E-state index contributed by atoms with van der Waals surface area (Å²) in [5.74, 6) is -1.31. The van der Waals surface area contributed by atoms with Gasteiger partial charge in [0.15, 0.2) is 6.61 Å². The quantitative estimate of drug-likeness (QED) is 0.597. The molecule has 0 bridgehead atoms. The second kappa shape index (κ2) is 7.92. The zero-order valence-electron chi connectivity index (χ0n) is 14.9. The van der Waals surface area contributed by atoms with Crippen LogP contribution in [0.25, 0.3) is 0 Å². The lowest BCUT2D eigenvalue weighted by Gasteiger charge is -2.33. The molecule has 1 heterocycles. The molecule has 0 saturated carbocycles. The Balaban J connectivity index is 1.97. The van der Waals surface area contributed by atoms with Crippen molar-refractivity contribution in [2.75, 3.05) is 39.0 Å². The number of benzene rings is 1. The number of hydrogen-bond donors (Lipinski definition) is 1. The van der Waals surface area contributed by atoms with Crippen LogP contribution in [0, 0.1) is 6.92 Å². The number of aryl methyl sites for hydroxylation is 1. The monoisotopic (exact) mass is 419 g/mol. The molecule has 1 aromatic rings. The van der Waals surface area contributed by atoms with Crippen LogP contribution in [0.2, 0.25) is 0 Å². The summed E-state index contributed by atoms with van der Waals surface area (Å²) in [6, 6.07) is 3.79. The Morgan fingerprint density at radius 3 is 2.22 bits per heavy atom. The lowest BCUT2D eigenvalue weighted by molar-refractivity contribution is -0.135. The molecule has 0 aliphatic carbocycles. The van der Waals surface area contributed by atoms with Crippen LogP contribution in [0.4, 0.5) is 0 Å². The summed E-state index contributed by atoms with van der Waals surface area (Å²) in [7, 11) is -7.29. The van der Waals surface area contributed by atoms with E-state index in [1.807, 2.05) is 0 Å². The topological polar surface area (TPSA) is 144 Å². The fourth-order valence-corrected chi connectivity index (χ4v) is 3.93. The van der Waals surface area contributed by atoms with E-state index in [-0.39, 0.29) is 36.6 Å². The van der Waals surface area contributed by atoms with Crippen molar-refractivity contribution in [1.29, 1.82) is 0 Å². The van der Waals surface area contributed by atoms with Gasteiger partial charge in [-0.2, -0.15) is 4.31 Å². The third-order valence-corrected chi connectivity index (χ3v) is 6.36. The van der Waals surface area contributed by atoms with E-state index in [1.54, 1.807) is 6.92 Å². The fourth-order valence-electron chi connectivity index (χ4n) is 2.56. The van der Waals surface area contributed by atoms with Gasteiger partial charge >= 0.3 is 5.97 Å². The number of hydrogen-bond acceptors (Lipinski definition) is 7. The van der Waals surface area contributed by atoms with Crippen LogP contribution >= 0.6 is 0 Å².